The van der Waals surface area contributed by atoms with Gasteiger partial charge < -0.3 is 5.21 Å². The maximum atomic E-state index is 11.4. The number of carbonyl (C=O) groups excluding carboxylic acids is 1. The number of nitrogens with zero attached hydrogens (tertiary/aromatic N) is 1. The van der Waals surface area contributed by atoms with E-state index < -0.39 is 11.0 Å². The fourth-order valence-electron chi connectivity index (χ4n) is 0.830. The van der Waals surface area contributed by atoms with Crippen LogP contribution in [0.25, 0.3) is 0 Å². The molecule has 0 radical (unpaired) electrons. The van der Waals surface area contributed by atoms with Crippen molar-refractivity contribution in [3.8, 4) is 0 Å². The van der Waals surface area contributed by atoms with Gasteiger partial charge in [-0.15, -0.1) is 0 Å². The van der Waals surface area contributed by atoms with E-state index in [2.05, 4.69) is 5.16 Å². The Morgan fingerprint density at radius 2 is 2.00 bits per heavy atom. The summed E-state index contributed by atoms with van der Waals surface area (Å²) >= 11 is 16.7. The number of halogens is 3. The zero-order valence-corrected chi connectivity index (χ0v) is 8.94. The highest BCUT2D eigenvalue weighted by Crippen LogP contribution is 2.22. The normalized spacial score (nSPS) is 11.5. The first-order chi connectivity index (χ1) is 6.56. The van der Waals surface area contributed by atoms with Crippen LogP contribution in [0.3, 0.4) is 0 Å². The number of ketones is 1. The van der Waals surface area contributed by atoms with Gasteiger partial charge in [0.1, 0.15) is 0 Å². The second kappa shape index (κ2) is 4.64. The molecule has 1 aromatic rings. The quantitative estimate of drug-likeness (QED) is 0.380. The highest BCUT2D eigenvalue weighted by Gasteiger charge is 2.15. The van der Waals surface area contributed by atoms with E-state index in [1.54, 1.807) is 0 Å². The van der Waals surface area contributed by atoms with E-state index in [4.69, 9.17) is 40.0 Å². The monoisotopic (exact) mass is 251 g/mol. The van der Waals surface area contributed by atoms with Crippen molar-refractivity contribution in [2.75, 3.05) is 0 Å². The molecular weight excluding hydrogens is 248 g/mol. The van der Waals surface area contributed by atoms with Gasteiger partial charge in [-0.1, -0.05) is 40.0 Å². The van der Waals surface area contributed by atoms with Crippen LogP contribution < -0.4 is 0 Å². The number of hydrogen-bond donors (Lipinski definition) is 1. The van der Waals surface area contributed by atoms with Crippen LogP contribution >= 0.6 is 34.8 Å². The summed E-state index contributed by atoms with van der Waals surface area (Å²) in [7, 11) is 0. The molecule has 0 heterocycles. The molecule has 0 saturated carbocycles. The molecule has 1 N–H and O–H groups in total. The largest absolute Gasteiger partial charge is 0.410 e. The van der Waals surface area contributed by atoms with Gasteiger partial charge in [0.2, 0.25) is 11.0 Å². The number of benzene rings is 1. The van der Waals surface area contributed by atoms with Crippen molar-refractivity contribution < 1.29 is 10.0 Å². The Morgan fingerprint density at radius 1 is 1.36 bits per heavy atom. The van der Waals surface area contributed by atoms with E-state index in [0.29, 0.717) is 5.02 Å². The standard InChI is InChI=1S/C8H4Cl3NO2/c9-4-1-2-5(6(10)3-4)7(13)8(11)12-14/h1-3,14H. The zero-order valence-electron chi connectivity index (χ0n) is 6.67. The molecule has 3 nitrogen and oxygen atoms in total. The lowest BCUT2D eigenvalue weighted by molar-refractivity contribution is 0.106. The maximum Gasteiger partial charge on any atom is 0.227 e. The van der Waals surface area contributed by atoms with E-state index in [0.717, 1.165) is 0 Å². The smallest absolute Gasteiger partial charge is 0.227 e. The third-order valence-corrected chi connectivity index (χ3v) is 2.25. The summed E-state index contributed by atoms with van der Waals surface area (Å²) in [5.41, 5.74) is 0.138. The van der Waals surface area contributed by atoms with Crippen LogP contribution in [0.15, 0.2) is 23.4 Å². The summed E-state index contributed by atoms with van der Waals surface area (Å²) in [6.45, 7) is 0. The van der Waals surface area contributed by atoms with Crippen LogP contribution in [0.2, 0.25) is 10.0 Å². The van der Waals surface area contributed by atoms with E-state index in [1.807, 2.05) is 0 Å². The lowest BCUT2D eigenvalue weighted by atomic mass is 10.1. The molecule has 0 amide bonds. The van der Waals surface area contributed by atoms with Crippen molar-refractivity contribution in [2.24, 2.45) is 5.16 Å². The van der Waals surface area contributed by atoms with Crippen LogP contribution in [-0.4, -0.2) is 16.2 Å². The Morgan fingerprint density at radius 3 is 2.50 bits per heavy atom. The van der Waals surface area contributed by atoms with Crippen LogP contribution in [-0.2, 0) is 0 Å². The minimum atomic E-state index is -0.657. The van der Waals surface area contributed by atoms with Crippen LogP contribution in [0.4, 0.5) is 0 Å². The Labute approximate surface area is 94.9 Å². The van der Waals surface area contributed by atoms with Crippen molar-refractivity contribution in [1.29, 1.82) is 0 Å². The third kappa shape index (κ3) is 2.38. The van der Waals surface area contributed by atoms with Gasteiger partial charge >= 0.3 is 0 Å². The lowest BCUT2D eigenvalue weighted by Crippen LogP contribution is -2.08. The summed E-state index contributed by atoms with van der Waals surface area (Å²) < 4.78 is 0. The van der Waals surface area contributed by atoms with E-state index in [-0.39, 0.29) is 10.6 Å². The molecule has 1 aromatic carbocycles. The molecule has 6 heteroatoms. The van der Waals surface area contributed by atoms with Gasteiger partial charge in [0, 0.05) is 10.6 Å². The summed E-state index contributed by atoms with van der Waals surface area (Å²) in [6, 6.07) is 4.29. The second-order valence-corrected chi connectivity index (χ2v) is 3.55. The minimum absolute atomic E-state index is 0.138. The molecule has 0 aliphatic carbocycles. The molecule has 0 aliphatic rings. The fourth-order valence-corrected chi connectivity index (χ4v) is 1.43. The number of Topliss-reactive ketones (excluding diaryl/α,β-unsaturated/α-hetero) is 1. The van der Waals surface area contributed by atoms with E-state index in [1.165, 1.54) is 18.2 Å². The first-order valence-corrected chi connectivity index (χ1v) is 4.57. The Bertz CT molecular complexity index is 404. The topological polar surface area (TPSA) is 49.7 Å². The van der Waals surface area contributed by atoms with Crippen molar-refractivity contribution in [1.82, 2.24) is 0 Å². The Kier molecular flexibility index (Phi) is 3.75. The van der Waals surface area contributed by atoms with Crippen molar-refractivity contribution in [3.63, 3.8) is 0 Å². The predicted octanol–water partition coefficient (Wildman–Crippen LogP) is 3.20. The number of carbonyl (C=O) groups is 1. The summed E-state index contributed by atoms with van der Waals surface area (Å²) in [4.78, 5) is 11.4. The van der Waals surface area contributed by atoms with Crippen LogP contribution in [0.5, 0.6) is 0 Å². The molecule has 14 heavy (non-hydrogen) atoms. The maximum absolute atomic E-state index is 11.4. The number of oxime groups is 1. The third-order valence-electron chi connectivity index (χ3n) is 1.45. The SMILES string of the molecule is O=C(C(Cl)=NO)c1ccc(Cl)cc1Cl. The molecule has 0 spiro atoms. The minimum Gasteiger partial charge on any atom is -0.410 e. The van der Waals surface area contributed by atoms with Crippen molar-refractivity contribution >= 4 is 45.8 Å². The fraction of sp³-hybridized carbons (Fsp3) is 0. The molecular formula is C8H4Cl3NO2. The molecule has 0 unspecified atom stereocenters. The first kappa shape index (κ1) is 11.3. The van der Waals surface area contributed by atoms with Crippen molar-refractivity contribution in [3.05, 3.63) is 33.8 Å². The molecule has 0 saturated heterocycles. The Hall–Kier alpha value is -0.770. The average Bonchev–Trinajstić information content (AvgIpc) is 2.15. The molecule has 0 aliphatic heterocycles. The zero-order chi connectivity index (χ0) is 10.7. The molecule has 0 fully saturated rings. The van der Waals surface area contributed by atoms with Gasteiger partial charge in [0.05, 0.1) is 5.02 Å². The Balaban J connectivity index is 3.14. The van der Waals surface area contributed by atoms with Crippen LogP contribution in [0.1, 0.15) is 10.4 Å². The average molecular weight is 252 g/mol. The lowest BCUT2D eigenvalue weighted by Gasteiger charge is -2.00. The molecule has 0 atom stereocenters. The van der Waals surface area contributed by atoms with E-state index >= 15 is 0 Å². The number of rotatable bonds is 2. The molecule has 0 aromatic heterocycles. The van der Waals surface area contributed by atoms with Gasteiger partial charge in [0.25, 0.3) is 0 Å². The highest BCUT2D eigenvalue weighted by atomic mass is 35.5. The van der Waals surface area contributed by atoms with Gasteiger partial charge in [0.15, 0.2) is 0 Å². The number of hydrogen-bond acceptors (Lipinski definition) is 3. The summed E-state index contributed by atoms with van der Waals surface area (Å²) in [5.74, 6) is -0.657. The first-order valence-electron chi connectivity index (χ1n) is 3.43. The molecule has 1 rings (SSSR count). The molecule has 74 valence electrons. The highest BCUT2D eigenvalue weighted by molar-refractivity contribution is 6.85. The van der Waals surface area contributed by atoms with Gasteiger partial charge in [-0.2, -0.15) is 0 Å². The van der Waals surface area contributed by atoms with E-state index in [9.17, 15) is 4.79 Å². The van der Waals surface area contributed by atoms with Crippen LogP contribution in [0, 0.1) is 0 Å². The van der Waals surface area contributed by atoms with Crippen molar-refractivity contribution in [2.45, 2.75) is 0 Å². The second-order valence-electron chi connectivity index (χ2n) is 2.34. The van der Waals surface area contributed by atoms with Gasteiger partial charge in [-0.25, -0.2) is 0 Å². The predicted molar refractivity (Wildman–Crippen MR) is 55.9 cm³/mol. The summed E-state index contributed by atoms with van der Waals surface area (Å²) in [6.07, 6.45) is 0. The van der Waals surface area contributed by atoms with Gasteiger partial charge in [-0.3, -0.25) is 4.79 Å². The van der Waals surface area contributed by atoms with Gasteiger partial charge in [-0.05, 0) is 18.2 Å². The molecule has 0 bridgehead atoms. The summed E-state index contributed by atoms with van der Waals surface area (Å²) in [5, 5.41) is 10.9.